The van der Waals surface area contributed by atoms with Crippen LogP contribution in [0.15, 0.2) is 72.1 Å². The molecule has 2 aliphatic heterocycles. The molecule has 0 saturated carbocycles. The Morgan fingerprint density at radius 3 is 2.13 bits per heavy atom. The van der Waals surface area contributed by atoms with Gasteiger partial charge in [-0.15, -0.1) is 0 Å². The Labute approximate surface area is 267 Å². The van der Waals surface area contributed by atoms with Gasteiger partial charge in [-0.3, -0.25) is 19.3 Å². The smallest absolute Gasteiger partial charge is 0.328 e. The number of hydrogen-bond acceptors (Lipinski definition) is 6. The Hall–Kier alpha value is -4.14. The number of allylic oxidation sites excluding steroid dienone is 1. The molecule has 9 heteroatoms. The monoisotopic (exact) mass is 619 g/mol. The Morgan fingerprint density at radius 1 is 0.911 bits per heavy atom. The van der Waals surface area contributed by atoms with Gasteiger partial charge >= 0.3 is 5.97 Å². The van der Waals surface area contributed by atoms with Gasteiger partial charge in [-0.25, -0.2) is 4.79 Å². The van der Waals surface area contributed by atoms with E-state index in [0.717, 1.165) is 41.8 Å². The first-order chi connectivity index (χ1) is 21.8. The lowest BCUT2D eigenvalue weighted by Gasteiger charge is -2.20. The predicted molar refractivity (Wildman–Crippen MR) is 173 cm³/mol. The number of esters is 1. The van der Waals surface area contributed by atoms with Crippen LogP contribution in [0.3, 0.4) is 0 Å². The van der Waals surface area contributed by atoms with Gasteiger partial charge in [0.15, 0.2) is 5.70 Å². The lowest BCUT2D eigenvalue weighted by atomic mass is 10.1. The van der Waals surface area contributed by atoms with E-state index in [2.05, 4.69) is 12.2 Å². The molecule has 45 heavy (non-hydrogen) atoms. The minimum absolute atomic E-state index is 0.0512. The van der Waals surface area contributed by atoms with Crippen molar-refractivity contribution in [1.82, 2.24) is 15.1 Å². The fraction of sp³-hybridized carbons (Fsp3) is 0.500. The van der Waals surface area contributed by atoms with Gasteiger partial charge in [0.1, 0.15) is 18.4 Å². The molecule has 3 amide bonds. The van der Waals surface area contributed by atoms with Crippen LogP contribution in [0.25, 0.3) is 0 Å². The summed E-state index contributed by atoms with van der Waals surface area (Å²) < 4.78 is 11.0. The maximum atomic E-state index is 12.6. The van der Waals surface area contributed by atoms with Crippen molar-refractivity contribution in [2.24, 2.45) is 0 Å². The minimum atomic E-state index is -0.810. The van der Waals surface area contributed by atoms with Crippen molar-refractivity contribution in [3.05, 3.63) is 83.2 Å². The van der Waals surface area contributed by atoms with Crippen LogP contribution in [-0.4, -0.2) is 53.1 Å². The average Bonchev–Trinajstić information content (AvgIpc) is 3.60. The third-order valence-corrected chi connectivity index (χ3v) is 7.95. The standard InChI is InChI=1S/C25H40N2O4.C11H9NO2/c1-4-6-7-8-9-10-14-17-23(28)26-22(18-19-24(29)27(3)5-2)25(30)31-20-21-15-12-11-13-16-21;1-7-9-10(13)12(9)11(14-7)8-5-3-2-4-6-8/h11-13,15-16,22H,4-10,14,17-20H2,1-3H3,(H,26,28);2-6,11H,1H3. The largest absolute Gasteiger partial charge is 0.468 e. The lowest BCUT2D eigenvalue weighted by Crippen LogP contribution is -2.42. The van der Waals surface area contributed by atoms with Crippen molar-refractivity contribution in [3.63, 3.8) is 0 Å². The van der Waals surface area contributed by atoms with E-state index in [1.807, 2.05) is 74.5 Å². The fourth-order valence-corrected chi connectivity index (χ4v) is 5.04. The van der Waals surface area contributed by atoms with E-state index in [0.29, 0.717) is 13.0 Å². The van der Waals surface area contributed by atoms with E-state index in [-0.39, 0.29) is 43.4 Å². The zero-order valence-corrected chi connectivity index (χ0v) is 27.3. The number of carbonyl (C=O) groups excluding carboxylic acids is 4. The highest BCUT2D eigenvalue weighted by Crippen LogP contribution is 2.46. The van der Waals surface area contributed by atoms with Crippen LogP contribution in [0.5, 0.6) is 0 Å². The van der Waals surface area contributed by atoms with Crippen LogP contribution >= 0.6 is 0 Å². The minimum Gasteiger partial charge on any atom is -0.468 e. The number of unbranched alkanes of at least 4 members (excludes halogenated alkanes) is 6. The summed E-state index contributed by atoms with van der Waals surface area (Å²) in [4.78, 5) is 51.7. The molecule has 2 aliphatic rings. The predicted octanol–water partition coefficient (Wildman–Crippen LogP) is 6.40. The van der Waals surface area contributed by atoms with Crippen LogP contribution in [0.2, 0.25) is 0 Å². The van der Waals surface area contributed by atoms with E-state index in [9.17, 15) is 19.2 Å². The first-order valence-electron chi connectivity index (χ1n) is 16.3. The van der Waals surface area contributed by atoms with Crippen molar-refractivity contribution in [2.75, 3.05) is 13.6 Å². The number of benzene rings is 2. The summed E-state index contributed by atoms with van der Waals surface area (Å²) in [6.07, 6.45) is 8.48. The summed E-state index contributed by atoms with van der Waals surface area (Å²) in [5.41, 5.74) is 2.64. The zero-order chi connectivity index (χ0) is 32.6. The number of amides is 3. The molecule has 9 nitrogen and oxygen atoms in total. The Kier molecular flexibility index (Phi) is 14.6. The first-order valence-corrected chi connectivity index (χ1v) is 16.3. The molecule has 1 saturated heterocycles. The molecule has 2 aromatic carbocycles. The zero-order valence-electron chi connectivity index (χ0n) is 27.3. The van der Waals surface area contributed by atoms with Crippen molar-refractivity contribution >= 4 is 23.7 Å². The third kappa shape index (κ3) is 11.4. The second-order valence-corrected chi connectivity index (χ2v) is 11.5. The molecule has 2 aromatic rings. The van der Waals surface area contributed by atoms with Gasteiger partial charge < -0.3 is 19.7 Å². The number of rotatable bonds is 17. The van der Waals surface area contributed by atoms with Crippen LogP contribution in [0.1, 0.15) is 102 Å². The molecule has 244 valence electrons. The summed E-state index contributed by atoms with van der Waals surface area (Å²) in [7, 11) is 1.73. The van der Waals surface area contributed by atoms with Gasteiger partial charge in [-0.1, -0.05) is 106 Å². The van der Waals surface area contributed by atoms with Gasteiger partial charge in [-0.05, 0) is 32.3 Å². The second-order valence-electron chi connectivity index (χ2n) is 11.5. The highest BCUT2D eigenvalue weighted by Gasteiger charge is 2.53. The molecule has 0 spiro atoms. The number of carbonyl (C=O) groups is 4. The molecule has 2 atom stereocenters. The van der Waals surface area contributed by atoms with E-state index in [1.165, 1.54) is 25.7 Å². The second kappa shape index (κ2) is 18.6. The Bertz CT molecular complexity index is 1280. The quantitative estimate of drug-likeness (QED) is 0.125. The third-order valence-electron chi connectivity index (χ3n) is 7.95. The van der Waals surface area contributed by atoms with E-state index < -0.39 is 12.0 Å². The van der Waals surface area contributed by atoms with E-state index >= 15 is 0 Å². The molecule has 2 unspecified atom stereocenters. The topological polar surface area (TPSA) is 105 Å². The number of hydrogen-bond donors (Lipinski definition) is 1. The van der Waals surface area contributed by atoms with Crippen molar-refractivity contribution < 1.29 is 28.7 Å². The molecule has 0 aliphatic carbocycles. The molecule has 0 radical (unpaired) electrons. The first kappa shape index (κ1) is 35.3. The molecule has 0 bridgehead atoms. The van der Waals surface area contributed by atoms with E-state index in [4.69, 9.17) is 9.47 Å². The SMILES string of the molecule is CC1=C2C(=O)N2C(c2ccccc2)O1.CCCCCCCCCC(=O)NC(CCC(=O)N(C)CC)C(=O)OCc1ccccc1. The molecule has 0 aromatic heterocycles. The summed E-state index contributed by atoms with van der Waals surface area (Å²) in [6, 6.07) is 18.4. The van der Waals surface area contributed by atoms with Crippen LogP contribution in [-0.2, 0) is 35.3 Å². The van der Waals surface area contributed by atoms with Gasteiger partial charge in [0.25, 0.3) is 5.91 Å². The molecular weight excluding hydrogens is 570 g/mol. The van der Waals surface area contributed by atoms with Gasteiger partial charge in [-0.2, -0.15) is 0 Å². The number of nitrogens with one attached hydrogen (secondary N) is 1. The summed E-state index contributed by atoms with van der Waals surface area (Å²) in [6.45, 7) is 6.67. The van der Waals surface area contributed by atoms with Crippen LogP contribution < -0.4 is 5.32 Å². The number of nitrogens with zero attached hydrogens (tertiary/aromatic N) is 2. The summed E-state index contributed by atoms with van der Waals surface area (Å²) in [5, 5.41) is 2.79. The van der Waals surface area contributed by atoms with Crippen molar-refractivity contribution in [3.8, 4) is 0 Å². The number of fused-ring (bicyclic) bond motifs is 1. The lowest BCUT2D eigenvalue weighted by molar-refractivity contribution is -0.149. The van der Waals surface area contributed by atoms with Crippen molar-refractivity contribution in [1.29, 1.82) is 0 Å². The summed E-state index contributed by atoms with van der Waals surface area (Å²) >= 11 is 0. The summed E-state index contributed by atoms with van der Waals surface area (Å²) in [5.74, 6) is 0.131. The average molecular weight is 620 g/mol. The number of ether oxygens (including phenoxy) is 2. The van der Waals surface area contributed by atoms with E-state index in [1.54, 1.807) is 16.8 Å². The maximum Gasteiger partial charge on any atom is 0.328 e. The van der Waals surface area contributed by atoms with Crippen LogP contribution in [0.4, 0.5) is 0 Å². The highest BCUT2D eigenvalue weighted by atomic mass is 16.5. The van der Waals surface area contributed by atoms with Crippen molar-refractivity contribution in [2.45, 2.75) is 104 Å². The Morgan fingerprint density at radius 2 is 1.53 bits per heavy atom. The molecule has 4 rings (SSSR count). The normalized spacial score (nSPS) is 15.3. The maximum absolute atomic E-state index is 12.6. The Balaban J connectivity index is 0.000000321. The molecule has 1 N–H and O–H groups in total. The molecule has 2 heterocycles. The van der Waals surface area contributed by atoms with Gasteiger partial charge in [0, 0.05) is 32.0 Å². The van der Waals surface area contributed by atoms with Crippen LogP contribution in [0, 0.1) is 0 Å². The highest BCUT2D eigenvalue weighted by molar-refractivity contribution is 6.11. The van der Waals surface area contributed by atoms with Gasteiger partial charge in [0.2, 0.25) is 18.0 Å². The molecular formula is C36H49N3O6. The fourth-order valence-electron chi connectivity index (χ4n) is 5.04. The van der Waals surface area contributed by atoms with Gasteiger partial charge in [0.05, 0.1) is 0 Å². The molecule has 1 fully saturated rings.